The fourth-order valence-electron chi connectivity index (χ4n) is 4.32. The zero-order chi connectivity index (χ0) is 20.1. The first-order valence-electron chi connectivity index (χ1n) is 10.8. The van der Waals surface area contributed by atoms with E-state index in [4.69, 9.17) is 0 Å². The molecule has 1 aromatic heterocycles. The number of para-hydroxylation sites is 1. The number of aryl methyl sites for hydroxylation is 1. The third-order valence-corrected chi connectivity index (χ3v) is 6.11. The van der Waals surface area contributed by atoms with Gasteiger partial charge in [-0.1, -0.05) is 54.6 Å². The summed E-state index contributed by atoms with van der Waals surface area (Å²) in [6, 6.07) is 18.9. The molecule has 2 heterocycles. The van der Waals surface area contributed by atoms with Crippen LogP contribution in [-0.2, 0) is 13.0 Å². The van der Waals surface area contributed by atoms with Crippen molar-refractivity contribution in [3.05, 3.63) is 84.1 Å². The molecule has 0 aliphatic carbocycles. The number of benzene rings is 2. The van der Waals surface area contributed by atoms with E-state index in [0.29, 0.717) is 5.92 Å². The van der Waals surface area contributed by atoms with Gasteiger partial charge < -0.3 is 9.47 Å². The molecule has 0 spiro atoms. The molecule has 1 aliphatic heterocycles. The number of nitrogens with zero attached hydrogens (tertiary/aromatic N) is 2. The summed E-state index contributed by atoms with van der Waals surface area (Å²) in [5, 5.41) is 1.06. The highest BCUT2D eigenvalue weighted by molar-refractivity contribution is 6.13. The van der Waals surface area contributed by atoms with Gasteiger partial charge in [-0.15, -0.1) is 0 Å². The molecule has 0 amide bonds. The van der Waals surface area contributed by atoms with Gasteiger partial charge in [-0.2, -0.15) is 0 Å². The van der Waals surface area contributed by atoms with E-state index in [0.717, 1.165) is 61.9 Å². The van der Waals surface area contributed by atoms with Crippen LogP contribution in [0.4, 0.5) is 0 Å². The maximum atomic E-state index is 12.8. The number of carbonyl (C=O) groups excluding carboxylic acids is 1. The van der Waals surface area contributed by atoms with Crippen molar-refractivity contribution in [3.63, 3.8) is 0 Å². The maximum Gasteiger partial charge on any atom is 0.187 e. The zero-order valence-electron chi connectivity index (χ0n) is 17.3. The van der Waals surface area contributed by atoms with Crippen molar-refractivity contribution in [2.45, 2.75) is 32.7 Å². The SMILES string of the molecule is CCn1cc(C(=O)/C=C/C2CCN(CCc3ccccc3)CC2)c2ccccc21. The number of fused-ring (bicyclic) bond motifs is 1. The predicted octanol–water partition coefficient (Wildman–Crippen LogP) is 5.35. The summed E-state index contributed by atoms with van der Waals surface area (Å²) in [7, 11) is 0. The van der Waals surface area contributed by atoms with Gasteiger partial charge in [-0.3, -0.25) is 4.79 Å². The van der Waals surface area contributed by atoms with Gasteiger partial charge in [0.25, 0.3) is 0 Å². The lowest BCUT2D eigenvalue weighted by Gasteiger charge is -2.30. The van der Waals surface area contributed by atoms with E-state index in [-0.39, 0.29) is 5.78 Å². The minimum atomic E-state index is 0.125. The van der Waals surface area contributed by atoms with Crippen molar-refractivity contribution >= 4 is 16.7 Å². The molecule has 2 aromatic carbocycles. The van der Waals surface area contributed by atoms with Crippen LogP contribution in [0.25, 0.3) is 10.9 Å². The van der Waals surface area contributed by atoms with Crippen LogP contribution in [0.1, 0.15) is 35.7 Å². The molecule has 0 unspecified atom stereocenters. The van der Waals surface area contributed by atoms with Crippen molar-refractivity contribution in [1.29, 1.82) is 0 Å². The fourth-order valence-corrected chi connectivity index (χ4v) is 4.32. The molecule has 3 nitrogen and oxygen atoms in total. The Morgan fingerprint density at radius 1 is 1.03 bits per heavy atom. The number of hydrogen-bond acceptors (Lipinski definition) is 2. The number of piperidine rings is 1. The number of rotatable bonds is 7. The summed E-state index contributed by atoms with van der Waals surface area (Å²) in [5.41, 5.74) is 3.36. The molecular formula is C26H30N2O. The monoisotopic (exact) mass is 386 g/mol. The second kappa shape index (κ2) is 9.23. The average molecular weight is 387 g/mol. The van der Waals surface area contributed by atoms with Crippen LogP contribution in [0.3, 0.4) is 0 Å². The lowest BCUT2D eigenvalue weighted by molar-refractivity contribution is 0.104. The summed E-state index contributed by atoms with van der Waals surface area (Å²) < 4.78 is 2.15. The van der Waals surface area contributed by atoms with Crippen LogP contribution in [0.5, 0.6) is 0 Å². The number of carbonyl (C=O) groups is 1. The lowest BCUT2D eigenvalue weighted by atomic mass is 9.95. The third kappa shape index (κ3) is 4.68. The van der Waals surface area contributed by atoms with Crippen LogP contribution >= 0.6 is 0 Å². The number of ketones is 1. The Labute approximate surface area is 173 Å². The highest BCUT2D eigenvalue weighted by Gasteiger charge is 2.18. The van der Waals surface area contributed by atoms with Gasteiger partial charge in [-0.05, 0) is 62.9 Å². The number of likely N-dealkylation sites (tertiary alicyclic amines) is 1. The molecule has 1 aliphatic rings. The summed E-state index contributed by atoms with van der Waals surface area (Å²) in [5.74, 6) is 0.631. The van der Waals surface area contributed by atoms with Crippen LogP contribution in [0, 0.1) is 5.92 Å². The van der Waals surface area contributed by atoms with E-state index in [9.17, 15) is 4.79 Å². The summed E-state index contributed by atoms with van der Waals surface area (Å²) in [6.45, 7) is 6.34. The van der Waals surface area contributed by atoms with E-state index < -0.39 is 0 Å². The molecule has 0 N–H and O–H groups in total. The molecule has 0 atom stereocenters. The first-order valence-corrected chi connectivity index (χ1v) is 10.8. The van der Waals surface area contributed by atoms with E-state index in [1.165, 1.54) is 5.56 Å². The molecule has 150 valence electrons. The second-order valence-electron chi connectivity index (χ2n) is 7.98. The van der Waals surface area contributed by atoms with E-state index in [1.807, 2.05) is 30.5 Å². The number of hydrogen-bond donors (Lipinski definition) is 0. The van der Waals surface area contributed by atoms with Gasteiger partial charge in [0.1, 0.15) is 0 Å². The number of allylic oxidation sites excluding steroid dienone is 2. The number of aromatic nitrogens is 1. The normalized spacial score (nSPS) is 16.0. The summed E-state index contributed by atoms with van der Waals surface area (Å²) in [4.78, 5) is 15.4. The van der Waals surface area contributed by atoms with E-state index >= 15 is 0 Å². The van der Waals surface area contributed by atoms with Crippen molar-refractivity contribution in [1.82, 2.24) is 9.47 Å². The van der Waals surface area contributed by atoms with Gasteiger partial charge in [0, 0.05) is 35.8 Å². The predicted molar refractivity (Wildman–Crippen MR) is 120 cm³/mol. The first kappa shape index (κ1) is 19.7. The van der Waals surface area contributed by atoms with Crippen LogP contribution in [0.2, 0.25) is 0 Å². The highest BCUT2D eigenvalue weighted by atomic mass is 16.1. The smallest absolute Gasteiger partial charge is 0.187 e. The quantitative estimate of drug-likeness (QED) is 0.404. The Kier molecular flexibility index (Phi) is 6.26. The largest absolute Gasteiger partial charge is 0.347 e. The van der Waals surface area contributed by atoms with Gasteiger partial charge in [0.15, 0.2) is 5.78 Å². The Morgan fingerprint density at radius 3 is 2.52 bits per heavy atom. The minimum Gasteiger partial charge on any atom is -0.347 e. The van der Waals surface area contributed by atoms with Gasteiger partial charge in [0.2, 0.25) is 0 Å². The Morgan fingerprint density at radius 2 is 1.76 bits per heavy atom. The molecule has 0 bridgehead atoms. The molecule has 1 fully saturated rings. The third-order valence-electron chi connectivity index (χ3n) is 6.11. The Hall–Kier alpha value is -2.65. The fraction of sp³-hybridized carbons (Fsp3) is 0.346. The van der Waals surface area contributed by atoms with Gasteiger partial charge >= 0.3 is 0 Å². The zero-order valence-corrected chi connectivity index (χ0v) is 17.3. The molecule has 0 saturated carbocycles. The van der Waals surface area contributed by atoms with E-state index in [1.54, 1.807) is 0 Å². The standard InChI is InChI=1S/C26H30N2O/c1-2-28-20-24(23-10-6-7-11-25(23)28)26(29)13-12-22-15-18-27(19-16-22)17-14-21-8-4-3-5-9-21/h3-13,20,22H,2,14-19H2,1H3/b13-12+. The van der Waals surface area contributed by atoms with Crippen LogP contribution in [0.15, 0.2) is 72.9 Å². The Bertz CT molecular complexity index is 978. The van der Waals surface area contributed by atoms with E-state index in [2.05, 4.69) is 58.9 Å². The molecule has 3 aromatic rings. The Balaban J connectivity index is 1.32. The average Bonchev–Trinajstić information content (AvgIpc) is 3.16. The molecule has 29 heavy (non-hydrogen) atoms. The molecule has 0 radical (unpaired) electrons. The molecular weight excluding hydrogens is 356 g/mol. The molecule has 3 heteroatoms. The second-order valence-corrected chi connectivity index (χ2v) is 7.98. The maximum absolute atomic E-state index is 12.8. The highest BCUT2D eigenvalue weighted by Crippen LogP contribution is 2.23. The van der Waals surface area contributed by atoms with Crippen molar-refractivity contribution < 1.29 is 4.79 Å². The lowest BCUT2D eigenvalue weighted by Crippen LogP contribution is -2.34. The first-order chi connectivity index (χ1) is 14.2. The summed E-state index contributed by atoms with van der Waals surface area (Å²) in [6.07, 6.45) is 9.34. The van der Waals surface area contributed by atoms with Gasteiger partial charge in [0.05, 0.1) is 0 Å². The van der Waals surface area contributed by atoms with Crippen molar-refractivity contribution in [2.75, 3.05) is 19.6 Å². The van der Waals surface area contributed by atoms with Crippen molar-refractivity contribution in [2.24, 2.45) is 5.92 Å². The van der Waals surface area contributed by atoms with Crippen LogP contribution in [-0.4, -0.2) is 34.9 Å². The molecule has 1 saturated heterocycles. The minimum absolute atomic E-state index is 0.125. The topological polar surface area (TPSA) is 25.2 Å². The van der Waals surface area contributed by atoms with Crippen LogP contribution < -0.4 is 0 Å². The summed E-state index contributed by atoms with van der Waals surface area (Å²) >= 11 is 0. The van der Waals surface area contributed by atoms with Crippen molar-refractivity contribution in [3.8, 4) is 0 Å². The molecule has 4 rings (SSSR count). The van der Waals surface area contributed by atoms with Gasteiger partial charge in [-0.25, -0.2) is 0 Å².